The number of amides is 1. The molecule has 0 aliphatic heterocycles. The maximum Gasteiger partial charge on any atom is 0.338 e. The van der Waals surface area contributed by atoms with Gasteiger partial charge < -0.3 is 14.4 Å². The highest BCUT2D eigenvalue weighted by atomic mass is 16.5. The van der Waals surface area contributed by atoms with Crippen molar-refractivity contribution in [2.75, 3.05) is 13.7 Å². The Morgan fingerprint density at radius 2 is 1.85 bits per heavy atom. The third kappa shape index (κ3) is 4.63. The van der Waals surface area contributed by atoms with E-state index in [0.29, 0.717) is 12.1 Å². The highest BCUT2D eigenvalue weighted by Gasteiger charge is 2.33. The first-order valence-corrected chi connectivity index (χ1v) is 8.73. The summed E-state index contributed by atoms with van der Waals surface area (Å²) in [4.78, 5) is 26.5. The molecule has 2 aromatic carbocycles. The van der Waals surface area contributed by atoms with E-state index in [4.69, 9.17) is 9.47 Å². The number of rotatable bonds is 7. The molecule has 1 fully saturated rings. The molecule has 0 radical (unpaired) electrons. The molecule has 5 heteroatoms. The molecule has 5 nitrogen and oxygen atoms in total. The van der Waals surface area contributed by atoms with Crippen LogP contribution in [-0.2, 0) is 16.1 Å². The molecule has 1 aliphatic rings. The average molecular weight is 353 g/mol. The minimum atomic E-state index is -0.470. The van der Waals surface area contributed by atoms with Crippen molar-refractivity contribution in [3.05, 3.63) is 65.2 Å². The van der Waals surface area contributed by atoms with Crippen LogP contribution in [0, 0.1) is 6.92 Å². The molecule has 0 spiro atoms. The molecule has 0 N–H and O–H groups in total. The van der Waals surface area contributed by atoms with Gasteiger partial charge in [0.25, 0.3) is 5.91 Å². The van der Waals surface area contributed by atoms with Crippen molar-refractivity contribution in [3.8, 4) is 5.75 Å². The Balaban J connectivity index is 1.59. The predicted octanol–water partition coefficient (Wildman–Crippen LogP) is 3.35. The number of hydrogen-bond donors (Lipinski definition) is 0. The number of carbonyl (C=O) groups is 2. The van der Waals surface area contributed by atoms with Crippen LogP contribution in [0.5, 0.6) is 5.75 Å². The Labute approximate surface area is 153 Å². The lowest BCUT2D eigenvalue weighted by Crippen LogP contribution is -2.36. The van der Waals surface area contributed by atoms with E-state index in [1.54, 1.807) is 30.2 Å². The molecule has 3 rings (SSSR count). The van der Waals surface area contributed by atoms with Gasteiger partial charge in [0.2, 0.25) is 0 Å². The molecule has 136 valence electrons. The van der Waals surface area contributed by atoms with Crippen LogP contribution in [0.15, 0.2) is 48.5 Å². The molecular weight excluding hydrogens is 330 g/mol. The maximum absolute atomic E-state index is 12.6. The second-order valence-corrected chi connectivity index (χ2v) is 6.55. The van der Waals surface area contributed by atoms with Crippen molar-refractivity contribution in [1.29, 1.82) is 0 Å². The molecule has 0 unspecified atom stereocenters. The van der Waals surface area contributed by atoms with E-state index >= 15 is 0 Å². The molecular formula is C21H23NO4. The van der Waals surface area contributed by atoms with Crippen molar-refractivity contribution in [1.82, 2.24) is 4.90 Å². The van der Waals surface area contributed by atoms with Gasteiger partial charge in [-0.15, -0.1) is 0 Å². The van der Waals surface area contributed by atoms with Gasteiger partial charge in [-0.25, -0.2) is 4.79 Å². The number of methoxy groups -OCH3 is 1. The van der Waals surface area contributed by atoms with Crippen molar-refractivity contribution < 1.29 is 19.1 Å². The first-order chi connectivity index (χ1) is 12.6. The van der Waals surface area contributed by atoms with Crippen LogP contribution in [0.4, 0.5) is 0 Å². The van der Waals surface area contributed by atoms with Crippen LogP contribution in [0.2, 0.25) is 0 Å². The van der Waals surface area contributed by atoms with Crippen LogP contribution >= 0.6 is 0 Å². The smallest absolute Gasteiger partial charge is 0.338 e. The lowest BCUT2D eigenvalue weighted by molar-refractivity contribution is -0.135. The second-order valence-electron chi connectivity index (χ2n) is 6.55. The summed E-state index contributed by atoms with van der Waals surface area (Å²) in [7, 11) is 1.62. The Kier molecular flexibility index (Phi) is 5.56. The van der Waals surface area contributed by atoms with Gasteiger partial charge in [-0.2, -0.15) is 0 Å². The molecule has 0 saturated heterocycles. The molecule has 0 atom stereocenters. The summed E-state index contributed by atoms with van der Waals surface area (Å²) in [5, 5.41) is 0. The summed E-state index contributed by atoms with van der Waals surface area (Å²) in [5.74, 6) is 0.150. The SMILES string of the molecule is COc1ccc(CN(C(=O)COC(=O)c2cccc(C)c2)C2CC2)cc1. The number of hydrogen-bond acceptors (Lipinski definition) is 4. The van der Waals surface area contributed by atoms with Gasteiger partial charge in [-0.05, 0) is 49.6 Å². The lowest BCUT2D eigenvalue weighted by atomic mass is 10.1. The predicted molar refractivity (Wildman–Crippen MR) is 98.0 cm³/mol. The van der Waals surface area contributed by atoms with E-state index in [1.165, 1.54) is 0 Å². The first kappa shape index (κ1) is 18.0. The third-order valence-corrected chi connectivity index (χ3v) is 4.40. The third-order valence-electron chi connectivity index (χ3n) is 4.40. The van der Waals surface area contributed by atoms with Gasteiger partial charge in [0.15, 0.2) is 6.61 Å². The van der Waals surface area contributed by atoms with Gasteiger partial charge in [-0.1, -0.05) is 29.8 Å². The number of nitrogens with zero attached hydrogens (tertiary/aromatic N) is 1. The highest BCUT2D eigenvalue weighted by Crippen LogP contribution is 2.29. The van der Waals surface area contributed by atoms with E-state index < -0.39 is 5.97 Å². The molecule has 0 aromatic heterocycles. The zero-order valence-corrected chi connectivity index (χ0v) is 15.1. The number of carbonyl (C=O) groups excluding carboxylic acids is 2. The number of esters is 1. The van der Waals surface area contributed by atoms with E-state index in [1.807, 2.05) is 37.3 Å². The van der Waals surface area contributed by atoms with Crippen LogP contribution in [0.3, 0.4) is 0 Å². The second kappa shape index (κ2) is 8.04. The Morgan fingerprint density at radius 3 is 2.46 bits per heavy atom. The number of aryl methyl sites for hydroxylation is 1. The summed E-state index contributed by atoms with van der Waals surface area (Å²) < 4.78 is 10.4. The van der Waals surface area contributed by atoms with Gasteiger partial charge in [-0.3, -0.25) is 4.79 Å². The van der Waals surface area contributed by atoms with Gasteiger partial charge >= 0.3 is 5.97 Å². The molecule has 26 heavy (non-hydrogen) atoms. The summed E-state index contributed by atoms with van der Waals surface area (Å²) in [6.45, 7) is 2.18. The molecule has 1 amide bonds. The van der Waals surface area contributed by atoms with Crippen LogP contribution in [0.25, 0.3) is 0 Å². The highest BCUT2D eigenvalue weighted by molar-refractivity contribution is 5.91. The van der Waals surface area contributed by atoms with E-state index in [0.717, 1.165) is 29.7 Å². The van der Waals surface area contributed by atoms with Crippen LogP contribution in [-0.4, -0.2) is 36.5 Å². The van der Waals surface area contributed by atoms with Crippen LogP contribution in [0.1, 0.15) is 34.3 Å². The summed E-state index contributed by atoms with van der Waals surface area (Å²) in [6.07, 6.45) is 1.99. The molecule has 0 bridgehead atoms. The van der Waals surface area contributed by atoms with E-state index in [9.17, 15) is 9.59 Å². The fourth-order valence-corrected chi connectivity index (χ4v) is 2.80. The Bertz CT molecular complexity index is 781. The maximum atomic E-state index is 12.6. The first-order valence-electron chi connectivity index (χ1n) is 8.73. The normalized spacial score (nSPS) is 13.2. The average Bonchev–Trinajstić information content (AvgIpc) is 3.49. The number of benzene rings is 2. The van der Waals surface area contributed by atoms with Crippen molar-refractivity contribution in [2.24, 2.45) is 0 Å². The largest absolute Gasteiger partial charge is 0.497 e. The van der Waals surface area contributed by atoms with Gasteiger partial charge in [0, 0.05) is 12.6 Å². The summed E-state index contributed by atoms with van der Waals surface area (Å²) in [5.41, 5.74) is 2.46. The minimum Gasteiger partial charge on any atom is -0.497 e. The van der Waals surface area contributed by atoms with Crippen molar-refractivity contribution >= 4 is 11.9 Å². The summed E-state index contributed by atoms with van der Waals surface area (Å²) >= 11 is 0. The molecule has 1 aliphatic carbocycles. The molecule has 0 heterocycles. The zero-order valence-electron chi connectivity index (χ0n) is 15.1. The van der Waals surface area contributed by atoms with Gasteiger partial charge in [0.1, 0.15) is 5.75 Å². The monoisotopic (exact) mass is 353 g/mol. The fraction of sp³-hybridized carbons (Fsp3) is 0.333. The Hall–Kier alpha value is -2.82. The number of ether oxygens (including phenoxy) is 2. The van der Waals surface area contributed by atoms with E-state index in [2.05, 4.69) is 0 Å². The topological polar surface area (TPSA) is 55.8 Å². The standard InChI is InChI=1S/C21H23NO4/c1-15-4-3-5-17(12-15)21(24)26-14-20(23)22(18-8-9-18)13-16-6-10-19(25-2)11-7-16/h3-7,10-12,18H,8-9,13-14H2,1-2H3. The summed E-state index contributed by atoms with van der Waals surface area (Å²) in [6, 6.07) is 15.0. The Morgan fingerprint density at radius 1 is 1.12 bits per heavy atom. The molecule has 1 saturated carbocycles. The molecule has 2 aromatic rings. The van der Waals surface area contributed by atoms with Gasteiger partial charge in [0.05, 0.1) is 12.7 Å². The van der Waals surface area contributed by atoms with Crippen molar-refractivity contribution in [2.45, 2.75) is 32.4 Å². The minimum absolute atomic E-state index is 0.163. The quantitative estimate of drug-likeness (QED) is 0.716. The van der Waals surface area contributed by atoms with E-state index in [-0.39, 0.29) is 18.6 Å². The van der Waals surface area contributed by atoms with Crippen LogP contribution < -0.4 is 4.74 Å². The lowest BCUT2D eigenvalue weighted by Gasteiger charge is -2.22. The fourth-order valence-electron chi connectivity index (χ4n) is 2.80. The van der Waals surface area contributed by atoms with Crippen molar-refractivity contribution in [3.63, 3.8) is 0 Å². The zero-order chi connectivity index (χ0) is 18.5.